The van der Waals surface area contributed by atoms with Gasteiger partial charge in [-0.05, 0) is 24.6 Å². The van der Waals surface area contributed by atoms with Crippen LogP contribution >= 0.6 is 0 Å². The second-order valence-corrected chi connectivity index (χ2v) is 7.05. The van der Waals surface area contributed by atoms with Crippen LogP contribution in [0.3, 0.4) is 0 Å². The minimum absolute atomic E-state index is 0.0318. The molecule has 0 aliphatic carbocycles. The number of rotatable bonds is 4. The van der Waals surface area contributed by atoms with Crippen molar-refractivity contribution >= 4 is 31.9 Å². The van der Waals surface area contributed by atoms with Gasteiger partial charge in [0.05, 0.1) is 0 Å². The van der Waals surface area contributed by atoms with Crippen molar-refractivity contribution < 1.29 is 30.3 Å². The summed E-state index contributed by atoms with van der Waals surface area (Å²) in [5, 5.41) is 2.45. The van der Waals surface area contributed by atoms with Crippen LogP contribution in [0.25, 0.3) is 0 Å². The molecule has 0 saturated carbocycles. The Labute approximate surface area is 129 Å². The predicted molar refractivity (Wildman–Crippen MR) is 73.9 cm³/mol. The molecule has 0 bridgehead atoms. The number of aromatic nitrogens is 3. The van der Waals surface area contributed by atoms with Gasteiger partial charge in [0.2, 0.25) is 5.95 Å². The van der Waals surface area contributed by atoms with Gasteiger partial charge in [-0.25, -0.2) is 4.98 Å². The van der Waals surface area contributed by atoms with E-state index in [1.54, 1.807) is 0 Å². The van der Waals surface area contributed by atoms with E-state index in [0.717, 1.165) is 18.5 Å². The average molecular weight is 364 g/mol. The van der Waals surface area contributed by atoms with Gasteiger partial charge in [-0.2, -0.15) is 31.2 Å². The third-order valence-electron chi connectivity index (χ3n) is 2.64. The van der Waals surface area contributed by atoms with Gasteiger partial charge in [0.25, 0.3) is 20.2 Å². The van der Waals surface area contributed by atoms with Crippen LogP contribution in [0.1, 0.15) is 5.56 Å². The molecule has 0 unspecified atom stereocenters. The van der Waals surface area contributed by atoms with Crippen molar-refractivity contribution in [2.45, 2.75) is 16.7 Å². The number of aryl methyl sites for hydroxylation is 1. The first-order valence-corrected chi connectivity index (χ1v) is 8.57. The number of nitrogens with one attached hydrogen (secondary N) is 1. The monoisotopic (exact) mass is 364 g/mol. The van der Waals surface area contributed by atoms with Gasteiger partial charge in [-0.3, -0.25) is 9.11 Å². The standard InChI is InChI=1S/C10H9FN4O6S2/c1-5-2-7(22(16,17)18)8(23(19,20)21)3-6(5)14-10-13-4-12-9(11)15-10/h2-4H,1H3,(H,16,17,18)(H,19,20,21)(H,12,13,14,15). The molecule has 1 aromatic heterocycles. The summed E-state index contributed by atoms with van der Waals surface area (Å²) in [4.78, 5) is 7.96. The maximum Gasteiger partial charge on any atom is 0.313 e. The summed E-state index contributed by atoms with van der Waals surface area (Å²) in [6.07, 6.45) is -0.235. The first-order valence-electron chi connectivity index (χ1n) is 5.69. The minimum atomic E-state index is -4.96. The first kappa shape index (κ1) is 17.1. The molecule has 0 aliphatic rings. The summed E-state index contributed by atoms with van der Waals surface area (Å²) in [6.45, 7) is 1.38. The predicted octanol–water partition coefficient (Wildman–Crippen LogP) is 0.556. The van der Waals surface area contributed by atoms with Crippen molar-refractivity contribution in [2.75, 3.05) is 5.32 Å². The zero-order chi connectivity index (χ0) is 17.4. The molecule has 0 amide bonds. The van der Waals surface area contributed by atoms with Gasteiger partial charge < -0.3 is 5.32 Å². The smallest absolute Gasteiger partial charge is 0.313 e. The Kier molecular flexibility index (Phi) is 4.30. The summed E-state index contributed by atoms with van der Waals surface area (Å²) in [5.41, 5.74) is 0.126. The SMILES string of the molecule is Cc1cc(S(=O)(=O)O)c(S(=O)(=O)O)cc1Nc1ncnc(F)n1. The molecule has 13 heteroatoms. The molecule has 2 aromatic rings. The van der Waals surface area contributed by atoms with Gasteiger partial charge in [-0.1, -0.05) is 0 Å². The van der Waals surface area contributed by atoms with Crippen molar-refractivity contribution in [1.29, 1.82) is 0 Å². The molecule has 124 valence electrons. The van der Waals surface area contributed by atoms with Gasteiger partial charge in [0.15, 0.2) is 0 Å². The van der Waals surface area contributed by atoms with E-state index in [4.69, 9.17) is 9.11 Å². The minimum Gasteiger partial charge on any atom is -0.324 e. The Balaban J connectivity index is 2.63. The van der Waals surface area contributed by atoms with E-state index in [1.165, 1.54) is 6.92 Å². The molecular formula is C10H9FN4O6S2. The summed E-state index contributed by atoms with van der Waals surface area (Å²) in [6, 6.07) is 1.56. The molecule has 0 aliphatic heterocycles. The first-order chi connectivity index (χ1) is 10.5. The molecule has 0 atom stereocenters. The number of benzene rings is 1. The molecule has 0 fully saturated rings. The van der Waals surface area contributed by atoms with E-state index in [2.05, 4.69) is 20.3 Å². The molecule has 2 rings (SSSR count). The van der Waals surface area contributed by atoms with E-state index in [9.17, 15) is 21.2 Å². The van der Waals surface area contributed by atoms with E-state index in [1.807, 2.05) is 0 Å². The molecular weight excluding hydrogens is 355 g/mol. The zero-order valence-corrected chi connectivity index (χ0v) is 12.9. The fourth-order valence-corrected chi connectivity index (χ4v) is 3.51. The Hall–Kier alpha value is -2.22. The highest BCUT2D eigenvalue weighted by atomic mass is 32.2. The summed E-state index contributed by atoms with van der Waals surface area (Å²) in [5.74, 6) is -0.276. The zero-order valence-electron chi connectivity index (χ0n) is 11.3. The molecule has 0 radical (unpaired) electrons. The van der Waals surface area contributed by atoms with E-state index >= 15 is 0 Å². The summed E-state index contributed by atoms with van der Waals surface area (Å²) in [7, 11) is -9.87. The summed E-state index contributed by atoms with van der Waals surface area (Å²) >= 11 is 0. The number of anilines is 2. The largest absolute Gasteiger partial charge is 0.324 e. The van der Waals surface area contributed by atoms with Crippen LogP contribution in [0.5, 0.6) is 0 Å². The lowest BCUT2D eigenvalue weighted by atomic mass is 10.2. The third kappa shape index (κ3) is 3.95. The van der Waals surface area contributed by atoms with Crippen molar-refractivity contribution in [3.8, 4) is 0 Å². The van der Waals surface area contributed by atoms with E-state index in [0.29, 0.717) is 0 Å². The van der Waals surface area contributed by atoms with Crippen LogP contribution in [0, 0.1) is 13.0 Å². The summed E-state index contributed by atoms with van der Waals surface area (Å²) < 4.78 is 76.2. The lowest BCUT2D eigenvalue weighted by Crippen LogP contribution is -2.10. The normalized spacial score (nSPS) is 12.2. The molecule has 1 aromatic carbocycles. The maximum absolute atomic E-state index is 12.9. The van der Waals surface area contributed by atoms with E-state index in [-0.39, 0.29) is 17.2 Å². The Morgan fingerprint density at radius 2 is 1.61 bits per heavy atom. The number of hydrogen-bond acceptors (Lipinski definition) is 8. The molecule has 23 heavy (non-hydrogen) atoms. The van der Waals surface area contributed by atoms with Gasteiger partial charge in [0.1, 0.15) is 16.1 Å². The Morgan fingerprint density at radius 1 is 1.04 bits per heavy atom. The quantitative estimate of drug-likeness (QED) is 0.654. The third-order valence-corrected chi connectivity index (χ3v) is 4.55. The van der Waals surface area contributed by atoms with Crippen LogP contribution in [-0.4, -0.2) is 40.9 Å². The number of halogens is 1. The molecule has 0 spiro atoms. The van der Waals surface area contributed by atoms with Crippen LogP contribution in [-0.2, 0) is 20.2 Å². The highest BCUT2D eigenvalue weighted by molar-refractivity contribution is 7.89. The van der Waals surface area contributed by atoms with Crippen LogP contribution in [0.2, 0.25) is 0 Å². The lowest BCUT2D eigenvalue weighted by molar-refractivity contribution is 0.466. The Bertz CT molecular complexity index is 977. The van der Waals surface area contributed by atoms with Crippen LogP contribution in [0.4, 0.5) is 16.0 Å². The van der Waals surface area contributed by atoms with Crippen molar-refractivity contribution in [3.05, 3.63) is 30.1 Å². The van der Waals surface area contributed by atoms with Crippen LogP contribution in [0.15, 0.2) is 28.3 Å². The van der Waals surface area contributed by atoms with E-state index < -0.39 is 36.1 Å². The van der Waals surface area contributed by atoms with Crippen molar-refractivity contribution in [3.63, 3.8) is 0 Å². The van der Waals surface area contributed by atoms with Gasteiger partial charge >= 0.3 is 6.08 Å². The number of nitrogens with zero attached hydrogens (tertiary/aromatic N) is 3. The van der Waals surface area contributed by atoms with Crippen molar-refractivity contribution in [1.82, 2.24) is 15.0 Å². The highest BCUT2D eigenvalue weighted by Crippen LogP contribution is 2.29. The molecule has 3 N–H and O–H groups in total. The highest BCUT2D eigenvalue weighted by Gasteiger charge is 2.25. The topological polar surface area (TPSA) is 159 Å². The second-order valence-electron chi connectivity index (χ2n) is 4.27. The maximum atomic E-state index is 12.9. The molecule has 1 heterocycles. The fraction of sp³-hybridized carbons (Fsp3) is 0.100. The molecule has 10 nitrogen and oxygen atoms in total. The lowest BCUT2D eigenvalue weighted by Gasteiger charge is -2.12. The second kappa shape index (κ2) is 5.77. The average Bonchev–Trinajstić information content (AvgIpc) is 2.38. The molecule has 0 saturated heterocycles. The van der Waals surface area contributed by atoms with Gasteiger partial charge in [-0.15, -0.1) is 0 Å². The van der Waals surface area contributed by atoms with Crippen molar-refractivity contribution in [2.24, 2.45) is 0 Å². The number of hydrogen-bond donors (Lipinski definition) is 3. The fourth-order valence-electron chi connectivity index (χ4n) is 1.66. The van der Waals surface area contributed by atoms with Crippen LogP contribution < -0.4 is 5.32 Å². The Morgan fingerprint density at radius 3 is 2.13 bits per heavy atom. The van der Waals surface area contributed by atoms with Gasteiger partial charge in [0, 0.05) is 5.69 Å².